The van der Waals surface area contributed by atoms with Gasteiger partial charge in [0, 0.05) is 23.5 Å². The van der Waals surface area contributed by atoms with Crippen molar-refractivity contribution >= 4 is 11.6 Å². The highest BCUT2D eigenvalue weighted by atomic mass is 35.5. The van der Waals surface area contributed by atoms with E-state index in [-0.39, 0.29) is 11.0 Å². The molecule has 156 valence electrons. The maximum absolute atomic E-state index is 13.0. The van der Waals surface area contributed by atoms with Crippen LogP contribution in [0.25, 0.3) is 22.6 Å². The highest BCUT2D eigenvalue weighted by Gasteiger charge is 2.19. The van der Waals surface area contributed by atoms with Crippen LogP contribution in [0.3, 0.4) is 0 Å². The monoisotopic (exact) mass is 425 g/mol. The van der Waals surface area contributed by atoms with E-state index >= 15 is 0 Å². The van der Waals surface area contributed by atoms with Crippen molar-refractivity contribution in [2.24, 2.45) is 5.41 Å². The van der Waals surface area contributed by atoms with Crippen molar-refractivity contribution in [1.82, 2.24) is 14.3 Å². The van der Waals surface area contributed by atoms with Crippen LogP contribution in [0.5, 0.6) is 11.5 Å². The van der Waals surface area contributed by atoms with Crippen LogP contribution in [-0.4, -0.2) is 28.1 Å². The number of nitrogens with zero attached hydrogens (tertiary/aromatic N) is 2. The molecule has 0 aromatic heterocycles. The molecular weight excluding hydrogens is 402 g/mol. The zero-order chi connectivity index (χ0) is 21.5. The van der Waals surface area contributed by atoms with Gasteiger partial charge < -0.3 is 9.47 Å². The predicted molar refractivity (Wildman–Crippen MR) is 119 cm³/mol. The second kappa shape index (κ2) is 7.61. The number of aromatic nitrogens is 3. The van der Waals surface area contributed by atoms with E-state index in [0.29, 0.717) is 34.4 Å². The van der Waals surface area contributed by atoms with Crippen LogP contribution >= 0.6 is 11.6 Å². The fraction of sp³-hybridized carbons (Fsp3) is 0.261. The minimum absolute atomic E-state index is 0.0323. The third kappa shape index (κ3) is 3.96. The summed E-state index contributed by atoms with van der Waals surface area (Å²) in [5.74, 6) is 1.24. The summed E-state index contributed by atoms with van der Waals surface area (Å²) in [6, 6.07) is 12.9. The van der Waals surface area contributed by atoms with E-state index in [1.807, 2.05) is 42.5 Å². The lowest BCUT2D eigenvalue weighted by Gasteiger charge is -2.20. The van der Waals surface area contributed by atoms with Crippen molar-refractivity contribution in [1.29, 1.82) is 0 Å². The summed E-state index contributed by atoms with van der Waals surface area (Å²) in [5, 5.41) is 3.90. The standard InChI is InChI=1S/C23H24ClN3O3/c1-23(2,3)14-30-20-10-9-17(11-21(20)29-4)26-13-19-18(22(26)28)12-27(25-19)16-7-5-15(24)6-8-16/h5-13,25H,14H2,1-4H3. The van der Waals surface area contributed by atoms with Crippen LogP contribution in [0.2, 0.25) is 5.02 Å². The Balaban J connectivity index is 1.67. The first-order valence-electron chi connectivity index (χ1n) is 9.65. The first-order chi connectivity index (χ1) is 14.2. The van der Waals surface area contributed by atoms with Crippen molar-refractivity contribution in [2.45, 2.75) is 20.8 Å². The van der Waals surface area contributed by atoms with Crippen molar-refractivity contribution in [3.05, 3.63) is 70.2 Å². The normalized spacial score (nSPS) is 11.8. The lowest BCUT2D eigenvalue weighted by molar-refractivity contribution is 0.191. The van der Waals surface area contributed by atoms with Gasteiger partial charge in [0.15, 0.2) is 11.5 Å². The van der Waals surface area contributed by atoms with Gasteiger partial charge in [-0.25, -0.2) is 0 Å². The van der Waals surface area contributed by atoms with Crippen LogP contribution in [-0.2, 0) is 0 Å². The zero-order valence-corrected chi connectivity index (χ0v) is 18.2. The Hall–Kier alpha value is -3.12. The molecule has 7 heteroatoms. The van der Waals surface area contributed by atoms with Crippen molar-refractivity contribution in [3.8, 4) is 34.1 Å². The highest BCUT2D eigenvalue weighted by molar-refractivity contribution is 6.30. The summed E-state index contributed by atoms with van der Waals surface area (Å²) in [6.45, 7) is 6.88. The molecule has 2 aliphatic rings. The van der Waals surface area contributed by atoms with Gasteiger partial charge in [0.25, 0.3) is 5.56 Å². The van der Waals surface area contributed by atoms with Gasteiger partial charge in [-0.2, -0.15) is 0 Å². The minimum atomic E-state index is -0.112. The number of aromatic amines is 1. The maximum Gasteiger partial charge on any atom is 0.266 e. The van der Waals surface area contributed by atoms with Gasteiger partial charge in [-0.05, 0) is 41.8 Å². The molecule has 0 atom stereocenters. The molecule has 0 aliphatic carbocycles. The van der Waals surface area contributed by atoms with E-state index < -0.39 is 0 Å². The van der Waals surface area contributed by atoms with Crippen LogP contribution in [0.1, 0.15) is 20.8 Å². The van der Waals surface area contributed by atoms with Gasteiger partial charge in [0.1, 0.15) is 0 Å². The largest absolute Gasteiger partial charge is 0.493 e. The summed E-state index contributed by atoms with van der Waals surface area (Å²) in [5.41, 5.74) is 2.86. The lowest BCUT2D eigenvalue weighted by atomic mass is 9.99. The summed E-state index contributed by atoms with van der Waals surface area (Å²) in [4.78, 5) is 13.0. The fourth-order valence-electron chi connectivity index (χ4n) is 3.16. The molecule has 4 rings (SSSR count). The molecule has 2 aromatic rings. The molecule has 0 fully saturated rings. The van der Waals surface area contributed by atoms with Gasteiger partial charge >= 0.3 is 0 Å². The molecule has 2 heterocycles. The summed E-state index contributed by atoms with van der Waals surface area (Å²) in [6.07, 6.45) is 3.57. The van der Waals surface area contributed by atoms with Crippen LogP contribution < -0.4 is 15.0 Å². The van der Waals surface area contributed by atoms with Gasteiger partial charge in [-0.1, -0.05) is 32.4 Å². The second-order valence-electron chi connectivity index (χ2n) is 8.40. The van der Waals surface area contributed by atoms with E-state index in [0.717, 1.165) is 11.4 Å². The molecule has 2 aromatic carbocycles. The maximum atomic E-state index is 13.0. The number of benzene rings is 2. The molecule has 2 aliphatic heterocycles. The van der Waals surface area contributed by atoms with Crippen LogP contribution in [0.15, 0.2) is 59.7 Å². The Labute approximate surface area is 179 Å². The number of halogens is 1. The Morgan fingerprint density at radius 1 is 1.00 bits per heavy atom. The first kappa shape index (κ1) is 20.2. The Morgan fingerprint density at radius 2 is 1.70 bits per heavy atom. The molecule has 0 unspecified atom stereocenters. The zero-order valence-electron chi connectivity index (χ0n) is 17.4. The summed E-state index contributed by atoms with van der Waals surface area (Å²) < 4.78 is 14.8. The van der Waals surface area contributed by atoms with Crippen molar-refractivity contribution in [3.63, 3.8) is 0 Å². The van der Waals surface area contributed by atoms with Gasteiger partial charge in [0.2, 0.25) is 0 Å². The number of hydrogen-bond acceptors (Lipinski definition) is 3. The fourth-order valence-corrected chi connectivity index (χ4v) is 3.29. The molecular formula is C23H24ClN3O3. The van der Waals surface area contributed by atoms with Gasteiger partial charge in [-0.15, -0.1) is 0 Å². The van der Waals surface area contributed by atoms with E-state index in [9.17, 15) is 4.79 Å². The topological polar surface area (TPSA) is 61.2 Å². The first-order valence-corrected chi connectivity index (χ1v) is 10.0. The number of nitrogens with one attached hydrogen (secondary N) is 1. The number of fused-ring (bicyclic) bond motifs is 1. The Bertz CT molecular complexity index is 1200. The number of H-pyrrole nitrogens is 1. The predicted octanol–water partition coefficient (Wildman–Crippen LogP) is 5.15. The molecule has 6 nitrogen and oxygen atoms in total. The molecule has 0 radical (unpaired) electrons. The smallest absolute Gasteiger partial charge is 0.266 e. The molecule has 0 spiro atoms. The second-order valence-corrected chi connectivity index (χ2v) is 8.84. The molecule has 0 saturated carbocycles. The third-order valence-corrected chi connectivity index (χ3v) is 4.94. The SMILES string of the molecule is COc1cc(-n2cc3[nH]n(-c4ccc(Cl)cc4)cc-3c2=O)ccc1OCC(C)(C)C. The molecule has 0 amide bonds. The van der Waals surface area contributed by atoms with E-state index in [1.165, 1.54) is 0 Å². The van der Waals surface area contributed by atoms with Gasteiger partial charge in [-0.3, -0.25) is 19.1 Å². The molecule has 30 heavy (non-hydrogen) atoms. The summed E-state index contributed by atoms with van der Waals surface area (Å²) >= 11 is 5.96. The van der Waals surface area contributed by atoms with E-state index in [1.54, 1.807) is 28.8 Å². The number of methoxy groups -OCH3 is 1. The molecule has 0 saturated heterocycles. The third-order valence-electron chi connectivity index (χ3n) is 4.69. The van der Waals surface area contributed by atoms with Crippen molar-refractivity contribution in [2.75, 3.05) is 13.7 Å². The average molecular weight is 426 g/mol. The number of ether oxygens (including phenoxy) is 2. The van der Waals surface area contributed by atoms with E-state index in [4.69, 9.17) is 21.1 Å². The summed E-state index contributed by atoms with van der Waals surface area (Å²) in [7, 11) is 1.59. The van der Waals surface area contributed by atoms with Gasteiger partial charge in [0.05, 0.1) is 36.3 Å². The highest BCUT2D eigenvalue weighted by Crippen LogP contribution is 2.31. The molecule has 1 N–H and O–H groups in total. The average Bonchev–Trinajstić information content (AvgIpc) is 3.26. The van der Waals surface area contributed by atoms with Crippen LogP contribution in [0, 0.1) is 5.41 Å². The number of rotatable bonds is 5. The lowest BCUT2D eigenvalue weighted by Crippen LogP contribution is -2.17. The minimum Gasteiger partial charge on any atom is -0.493 e. The van der Waals surface area contributed by atoms with E-state index in [2.05, 4.69) is 25.9 Å². The number of hydrogen-bond donors (Lipinski definition) is 1. The van der Waals surface area contributed by atoms with Crippen molar-refractivity contribution < 1.29 is 9.47 Å². The molecule has 0 bridgehead atoms. The Morgan fingerprint density at radius 3 is 2.33 bits per heavy atom. The quantitative estimate of drug-likeness (QED) is 0.481. The Kier molecular flexibility index (Phi) is 5.12. The van der Waals surface area contributed by atoms with Crippen LogP contribution in [0.4, 0.5) is 0 Å².